The summed E-state index contributed by atoms with van der Waals surface area (Å²) in [4.78, 5) is 4.20. The largest absolute Gasteiger partial charge is 0.441 e. The Morgan fingerprint density at radius 1 is 1.39 bits per heavy atom. The van der Waals surface area contributed by atoms with Crippen molar-refractivity contribution < 1.29 is 8.81 Å². The smallest absolute Gasteiger partial charge is 0.194 e. The molecule has 1 aromatic heterocycles. The van der Waals surface area contributed by atoms with Crippen LogP contribution in [0.4, 0.5) is 4.39 Å². The molecule has 4 heteroatoms. The van der Waals surface area contributed by atoms with Crippen LogP contribution in [0, 0.1) is 12.7 Å². The van der Waals surface area contributed by atoms with Gasteiger partial charge in [-0.1, -0.05) is 12.1 Å². The number of oxazole rings is 1. The van der Waals surface area contributed by atoms with Gasteiger partial charge in [0.05, 0.1) is 6.20 Å². The summed E-state index contributed by atoms with van der Waals surface area (Å²) in [5.41, 5.74) is 1.36. The van der Waals surface area contributed by atoms with Gasteiger partial charge in [0.25, 0.3) is 0 Å². The van der Waals surface area contributed by atoms with Gasteiger partial charge in [0.1, 0.15) is 5.82 Å². The van der Waals surface area contributed by atoms with Crippen LogP contribution in [0.2, 0.25) is 0 Å². The van der Waals surface area contributed by atoms with Crippen LogP contribution < -0.4 is 5.32 Å². The van der Waals surface area contributed by atoms with E-state index in [4.69, 9.17) is 4.42 Å². The fourth-order valence-electron chi connectivity index (χ4n) is 1.72. The number of nitrogens with one attached hydrogen (secondary N) is 1. The van der Waals surface area contributed by atoms with Crippen molar-refractivity contribution in [3.63, 3.8) is 0 Å². The van der Waals surface area contributed by atoms with Gasteiger partial charge in [-0.2, -0.15) is 0 Å². The molecule has 1 N–H and O–H groups in total. The van der Waals surface area contributed by atoms with E-state index in [-0.39, 0.29) is 5.82 Å². The predicted molar refractivity (Wildman–Crippen MR) is 68.9 cm³/mol. The third kappa shape index (κ3) is 2.96. The minimum atomic E-state index is -0.222. The molecule has 2 rings (SSSR count). The summed E-state index contributed by atoms with van der Waals surface area (Å²) in [7, 11) is 1.91. The summed E-state index contributed by atoms with van der Waals surface area (Å²) in [6.07, 6.45) is 3.41. The van der Waals surface area contributed by atoms with Crippen molar-refractivity contribution in [2.24, 2.45) is 0 Å². The standard InChI is InChI=1S/C14H17FN2O/c1-10-5-6-11(8-12(10)15)13-9-17-14(18-13)4-3-7-16-2/h5-6,8-9,16H,3-4,7H2,1-2H3. The van der Waals surface area contributed by atoms with Crippen molar-refractivity contribution in [1.29, 1.82) is 0 Å². The second-order valence-corrected chi connectivity index (χ2v) is 4.29. The molecule has 0 radical (unpaired) electrons. The lowest BCUT2D eigenvalue weighted by molar-refractivity contribution is 0.495. The molecule has 0 aliphatic rings. The summed E-state index contributed by atoms with van der Waals surface area (Å²) < 4.78 is 19.1. The van der Waals surface area contributed by atoms with Crippen LogP contribution in [0.15, 0.2) is 28.8 Å². The first-order valence-electron chi connectivity index (χ1n) is 6.06. The Bertz CT molecular complexity index is 522. The molecule has 96 valence electrons. The van der Waals surface area contributed by atoms with Crippen LogP contribution in [0.1, 0.15) is 17.9 Å². The van der Waals surface area contributed by atoms with Gasteiger partial charge in [0.2, 0.25) is 0 Å². The lowest BCUT2D eigenvalue weighted by atomic mass is 10.1. The topological polar surface area (TPSA) is 38.1 Å². The van der Waals surface area contributed by atoms with Crippen LogP contribution >= 0.6 is 0 Å². The van der Waals surface area contributed by atoms with Gasteiger partial charge in [0.15, 0.2) is 11.7 Å². The molecule has 0 bridgehead atoms. The molecule has 0 atom stereocenters. The fourth-order valence-corrected chi connectivity index (χ4v) is 1.72. The number of nitrogens with zero attached hydrogens (tertiary/aromatic N) is 1. The van der Waals surface area contributed by atoms with Gasteiger partial charge in [-0.05, 0) is 38.6 Å². The van der Waals surface area contributed by atoms with Crippen molar-refractivity contribution in [1.82, 2.24) is 10.3 Å². The number of rotatable bonds is 5. The molecule has 0 amide bonds. The third-order valence-electron chi connectivity index (χ3n) is 2.83. The molecule has 0 aliphatic carbocycles. The van der Waals surface area contributed by atoms with Crippen LogP contribution in [0.5, 0.6) is 0 Å². The molecule has 0 saturated carbocycles. The maximum atomic E-state index is 13.4. The highest BCUT2D eigenvalue weighted by Gasteiger charge is 2.08. The molecule has 1 heterocycles. The monoisotopic (exact) mass is 248 g/mol. The van der Waals surface area contributed by atoms with E-state index in [1.807, 2.05) is 13.1 Å². The molecule has 0 fully saturated rings. The number of aryl methyl sites for hydroxylation is 2. The molecule has 0 spiro atoms. The third-order valence-corrected chi connectivity index (χ3v) is 2.83. The number of hydrogen-bond acceptors (Lipinski definition) is 3. The second kappa shape index (κ2) is 5.78. The van der Waals surface area contributed by atoms with Gasteiger partial charge >= 0.3 is 0 Å². The number of hydrogen-bond donors (Lipinski definition) is 1. The summed E-state index contributed by atoms with van der Waals surface area (Å²) in [6.45, 7) is 2.67. The second-order valence-electron chi connectivity index (χ2n) is 4.29. The lowest BCUT2D eigenvalue weighted by Crippen LogP contribution is -2.08. The molecule has 0 saturated heterocycles. The van der Waals surface area contributed by atoms with E-state index >= 15 is 0 Å². The van der Waals surface area contributed by atoms with Gasteiger partial charge in [0, 0.05) is 12.0 Å². The van der Waals surface area contributed by atoms with E-state index in [0.29, 0.717) is 17.2 Å². The first kappa shape index (κ1) is 12.8. The van der Waals surface area contributed by atoms with E-state index in [1.165, 1.54) is 6.07 Å². The van der Waals surface area contributed by atoms with Crippen molar-refractivity contribution in [3.05, 3.63) is 41.7 Å². The van der Waals surface area contributed by atoms with Crippen LogP contribution in [0.25, 0.3) is 11.3 Å². The van der Waals surface area contributed by atoms with Gasteiger partial charge in [-0.15, -0.1) is 0 Å². The lowest BCUT2D eigenvalue weighted by Gasteiger charge is -1.99. The Morgan fingerprint density at radius 2 is 2.22 bits per heavy atom. The zero-order valence-electron chi connectivity index (χ0n) is 10.7. The van der Waals surface area contributed by atoms with Crippen molar-refractivity contribution >= 4 is 0 Å². The molecule has 1 aromatic carbocycles. The first-order valence-corrected chi connectivity index (χ1v) is 6.06. The zero-order chi connectivity index (χ0) is 13.0. The average Bonchev–Trinajstić information content (AvgIpc) is 2.82. The molecular formula is C14H17FN2O. The van der Waals surface area contributed by atoms with Crippen molar-refractivity contribution in [3.8, 4) is 11.3 Å². The van der Waals surface area contributed by atoms with E-state index < -0.39 is 0 Å². The molecule has 0 unspecified atom stereocenters. The summed E-state index contributed by atoms with van der Waals surface area (Å²) >= 11 is 0. The zero-order valence-corrected chi connectivity index (χ0v) is 10.7. The van der Waals surface area contributed by atoms with Crippen molar-refractivity contribution in [2.45, 2.75) is 19.8 Å². The van der Waals surface area contributed by atoms with E-state index in [0.717, 1.165) is 24.9 Å². The first-order chi connectivity index (χ1) is 8.70. The maximum absolute atomic E-state index is 13.4. The number of benzene rings is 1. The highest BCUT2D eigenvalue weighted by molar-refractivity contribution is 5.56. The van der Waals surface area contributed by atoms with Gasteiger partial charge in [-0.25, -0.2) is 9.37 Å². The average molecular weight is 248 g/mol. The van der Waals surface area contributed by atoms with E-state index in [9.17, 15) is 4.39 Å². The predicted octanol–water partition coefficient (Wildman–Crippen LogP) is 2.94. The Kier molecular flexibility index (Phi) is 4.10. The maximum Gasteiger partial charge on any atom is 0.194 e. The fraction of sp³-hybridized carbons (Fsp3) is 0.357. The Labute approximate surface area is 106 Å². The van der Waals surface area contributed by atoms with Gasteiger partial charge in [-0.3, -0.25) is 0 Å². The summed E-state index contributed by atoms with van der Waals surface area (Å²) in [5, 5.41) is 3.07. The summed E-state index contributed by atoms with van der Waals surface area (Å²) in [6, 6.07) is 5.07. The molecule has 3 nitrogen and oxygen atoms in total. The van der Waals surface area contributed by atoms with Gasteiger partial charge < -0.3 is 9.73 Å². The quantitative estimate of drug-likeness (QED) is 0.827. The van der Waals surface area contributed by atoms with Crippen LogP contribution in [-0.4, -0.2) is 18.6 Å². The Balaban J connectivity index is 2.11. The SMILES string of the molecule is CNCCCc1ncc(-c2ccc(C)c(F)c2)o1. The summed E-state index contributed by atoms with van der Waals surface area (Å²) in [5.74, 6) is 1.09. The minimum Gasteiger partial charge on any atom is -0.441 e. The highest BCUT2D eigenvalue weighted by atomic mass is 19.1. The molecular weight excluding hydrogens is 231 g/mol. The van der Waals surface area contributed by atoms with E-state index in [2.05, 4.69) is 10.3 Å². The number of aromatic nitrogens is 1. The molecule has 2 aromatic rings. The highest BCUT2D eigenvalue weighted by Crippen LogP contribution is 2.22. The molecule has 0 aliphatic heterocycles. The minimum absolute atomic E-state index is 0.222. The van der Waals surface area contributed by atoms with Crippen molar-refractivity contribution in [2.75, 3.05) is 13.6 Å². The Hall–Kier alpha value is -1.68. The van der Waals surface area contributed by atoms with E-state index in [1.54, 1.807) is 19.2 Å². The Morgan fingerprint density at radius 3 is 2.94 bits per heavy atom. The normalized spacial score (nSPS) is 10.8. The van der Waals surface area contributed by atoms with Crippen LogP contribution in [-0.2, 0) is 6.42 Å². The van der Waals surface area contributed by atoms with Crippen LogP contribution in [0.3, 0.4) is 0 Å². The molecule has 18 heavy (non-hydrogen) atoms. The number of halogens is 1.